The third kappa shape index (κ3) is 4.00. The lowest BCUT2D eigenvalue weighted by Gasteiger charge is -2.33. The number of fused-ring (bicyclic) bond motifs is 3. The van der Waals surface area contributed by atoms with Gasteiger partial charge >= 0.3 is 0 Å². The highest BCUT2D eigenvalue weighted by Gasteiger charge is 2.47. The maximum absolute atomic E-state index is 5.12. The molecule has 0 fully saturated rings. The van der Waals surface area contributed by atoms with E-state index in [2.05, 4.69) is 136 Å². The zero-order valence-corrected chi connectivity index (χ0v) is 23.5. The highest BCUT2D eigenvalue weighted by Crippen LogP contribution is 2.57. The lowest BCUT2D eigenvalue weighted by atomic mass is 9.67. The van der Waals surface area contributed by atoms with Crippen LogP contribution in [0.4, 0.5) is 0 Å². The molecule has 0 atom stereocenters. The molecule has 0 spiro atoms. The number of hydrogen-bond acceptors (Lipinski definition) is 3. The standard InChI is InChI=1S/C38H31N3/c1-37(2,3)36-40-34(26-16-7-4-8-17-26)39-35(41-36)30-23-15-25-32-33(30)29-22-13-14-24-31(29)38(32,27-18-9-5-10-19-27)28-20-11-6-12-21-28/h4-25H,1-3H3. The molecule has 0 aliphatic heterocycles. The number of aromatic nitrogens is 3. The molecule has 0 bridgehead atoms. The molecular formula is C38H31N3. The van der Waals surface area contributed by atoms with Crippen molar-refractivity contribution in [2.45, 2.75) is 31.6 Å². The van der Waals surface area contributed by atoms with E-state index >= 15 is 0 Å². The van der Waals surface area contributed by atoms with Gasteiger partial charge in [-0.3, -0.25) is 0 Å². The van der Waals surface area contributed by atoms with Crippen molar-refractivity contribution >= 4 is 0 Å². The van der Waals surface area contributed by atoms with Crippen LogP contribution in [0.5, 0.6) is 0 Å². The van der Waals surface area contributed by atoms with Crippen LogP contribution in [-0.4, -0.2) is 15.0 Å². The molecule has 41 heavy (non-hydrogen) atoms. The van der Waals surface area contributed by atoms with Gasteiger partial charge in [-0.05, 0) is 33.4 Å². The summed E-state index contributed by atoms with van der Waals surface area (Å²) in [7, 11) is 0. The van der Waals surface area contributed by atoms with E-state index in [0.717, 1.165) is 17.0 Å². The van der Waals surface area contributed by atoms with Gasteiger partial charge in [0, 0.05) is 16.5 Å². The molecule has 1 aliphatic rings. The van der Waals surface area contributed by atoms with E-state index in [0.29, 0.717) is 11.6 Å². The molecule has 1 aromatic heterocycles. The van der Waals surface area contributed by atoms with E-state index in [-0.39, 0.29) is 5.41 Å². The van der Waals surface area contributed by atoms with Crippen LogP contribution in [0.3, 0.4) is 0 Å². The molecule has 7 rings (SSSR count). The minimum absolute atomic E-state index is 0.241. The summed E-state index contributed by atoms with van der Waals surface area (Å²) in [6, 6.07) is 47.3. The molecule has 0 unspecified atom stereocenters. The van der Waals surface area contributed by atoms with Gasteiger partial charge in [-0.15, -0.1) is 0 Å². The molecular weight excluding hydrogens is 498 g/mol. The van der Waals surface area contributed by atoms with Gasteiger partial charge in [-0.25, -0.2) is 15.0 Å². The van der Waals surface area contributed by atoms with Crippen molar-refractivity contribution in [3.63, 3.8) is 0 Å². The van der Waals surface area contributed by atoms with E-state index < -0.39 is 5.41 Å². The predicted molar refractivity (Wildman–Crippen MR) is 167 cm³/mol. The zero-order chi connectivity index (χ0) is 28.0. The van der Waals surface area contributed by atoms with Crippen LogP contribution in [0.1, 0.15) is 48.8 Å². The van der Waals surface area contributed by atoms with Gasteiger partial charge in [-0.1, -0.05) is 154 Å². The Morgan fingerprint density at radius 3 is 1.61 bits per heavy atom. The van der Waals surface area contributed by atoms with Crippen molar-refractivity contribution in [1.82, 2.24) is 15.0 Å². The lowest BCUT2D eigenvalue weighted by molar-refractivity contribution is 0.543. The van der Waals surface area contributed by atoms with Gasteiger partial charge in [0.15, 0.2) is 11.6 Å². The second-order valence-electron chi connectivity index (χ2n) is 11.7. The second kappa shape index (κ2) is 9.64. The first kappa shape index (κ1) is 25.1. The average molecular weight is 530 g/mol. The van der Waals surface area contributed by atoms with Crippen molar-refractivity contribution < 1.29 is 0 Å². The van der Waals surface area contributed by atoms with E-state index in [9.17, 15) is 0 Å². The fraction of sp³-hybridized carbons (Fsp3) is 0.132. The highest BCUT2D eigenvalue weighted by molar-refractivity contribution is 5.94. The largest absolute Gasteiger partial charge is 0.212 e. The first-order chi connectivity index (χ1) is 20.0. The Labute approximate surface area is 241 Å². The molecule has 6 aromatic rings. The summed E-state index contributed by atoms with van der Waals surface area (Å²) in [6.07, 6.45) is 0. The molecule has 0 radical (unpaired) electrons. The molecule has 5 aromatic carbocycles. The van der Waals surface area contributed by atoms with E-state index in [1.54, 1.807) is 0 Å². The first-order valence-electron chi connectivity index (χ1n) is 14.1. The number of nitrogens with zero attached hydrogens (tertiary/aromatic N) is 3. The molecule has 0 N–H and O–H groups in total. The maximum atomic E-state index is 5.12. The van der Waals surface area contributed by atoms with Gasteiger partial charge in [0.05, 0.1) is 5.41 Å². The van der Waals surface area contributed by atoms with Crippen LogP contribution in [0, 0.1) is 0 Å². The fourth-order valence-corrected chi connectivity index (χ4v) is 6.23. The topological polar surface area (TPSA) is 38.7 Å². The SMILES string of the molecule is CC(C)(C)c1nc(-c2ccccc2)nc(-c2cccc3c2-c2ccccc2C3(c2ccccc2)c2ccccc2)n1. The quantitative estimate of drug-likeness (QED) is 0.229. The van der Waals surface area contributed by atoms with Crippen LogP contribution in [0.15, 0.2) is 133 Å². The van der Waals surface area contributed by atoms with Crippen LogP contribution < -0.4 is 0 Å². The smallest absolute Gasteiger partial charge is 0.164 e. The lowest BCUT2D eigenvalue weighted by Crippen LogP contribution is -2.28. The van der Waals surface area contributed by atoms with E-state index in [1.807, 2.05) is 18.2 Å². The van der Waals surface area contributed by atoms with Crippen LogP contribution in [0.2, 0.25) is 0 Å². The Bertz CT molecular complexity index is 1810. The van der Waals surface area contributed by atoms with Crippen molar-refractivity contribution in [2.24, 2.45) is 0 Å². The van der Waals surface area contributed by atoms with Crippen molar-refractivity contribution in [2.75, 3.05) is 0 Å². The molecule has 3 heteroatoms. The maximum Gasteiger partial charge on any atom is 0.164 e. The number of hydrogen-bond donors (Lipinski definition) is 0. The summed E-state index contributed by atoms with van der Waals surface area (Å²) in [6.45, 7) is 6.46. The monoisotopic (exact) mass is 529 g/mol. The fourth-order valence-electron chi connectivity index (χ4n) is 6.23. The highest BCUT2D eigenvalue weighted by atomic mass is 15.0. The Hall–Kier alpha value is -4.89. The Balaban J connectivity index is 1.57. The van der Waals surface area contributed by atoms with E-state index in [1.165, 1.54) is 33.4 Å². The molecule has 1 aliphatic carbocycles. The number of rotatable bonds is 4. The number of benzene rings is 5. The average Bonchev–Trinajstić information content (AvgIpc) is 3.33. The summed E-state index contributed by atoms with van der Waals surface area (Å²) in [5.41, 5.74) is 8.69. The summed E-state index contributed by atoms with van der Waals surface area (Å²) in [5, 5.41) is 0. The van der Waals surface area contributed by atoms with Crippen LogP contribution >= 0.6 is 0 Å². The van der Waals surface area contributed by atoms with Crippen LogP contribution in [-0.2, 0) is 10.8 Å². The molecule has 198 valence electrons. The Kier molecular flexibility index (Phi) is 5.90. The van der Waals surface area contributed by atoms with Crippen LogP contribution in [0.25, 0.3) is 33.9 Å². The van der Waals surface area contributed by atoms with Crippen molar-refractivity contribution in [3.8, 4) is 33.9 Å². The van der Waals surface area contributed by atoms with Crippen molar-refractivity contribution in [1.29, 1.82) is 0 Å². The van der Waals surface area contributed by atoms with Gasteiger partial charge in [-0.2, -0.15) is 0 Å². The summed E-state index contributed by atoms with van der Waals surface area (Å²) < 4.78 is 0. The molecule has 0 saturated heterocycles. The summed E-state index contributed by atoms with van der Waals surface area (Å²) in [4.78, 5) is 15.2. The van der Waals surface area contributed by atoms with Gasteiger partial charge < -0.3 is 0 Å². The van der Waals surface area contributed by atoms with E-state index in [4.69, 9.17) is 15.0 Å². The van der Waals surface area contributed by atoms with Gasteiger partial charge in [0.1, 0.15) is 5.82 Å². The third-order valence-corrected chi connectivity index (χ3v) is 8.06. The Morgan fingerprint density at radius 1 is 0.463 bits per heavy atom. The minimum Gasteiger partial charge on any atom is -0.212 e. The van der Waals surface area contributed by atoms with Gasteiger partial charge in [0.25, 0.3) is 0 Å². The summed E-state index contributed by atoms with van der Waals surface area (Å²) >= 11 is 0. The molecule has 0 amide bonds. The zero-order valence-electron chi connectivity index (χ0n) is 23.5. The minimum atomic E-state index is -0.466. The molecule has 3 nitrogen and oxygen atoms in total. The molecule has 1 heterocycles. The Morgan fingerprint density at radius 2 is 0.976 bits per heavy atom. The molecule has 0 saturated carbocycles. The predicted octanol–water partition coefficient (Wildman–Crippen LogP) is 8.87. The van der Waals surface area contributed by atoms with Gasteiger partial charge in [0.2, 0.25) is 0 Å². The first-order valence-corrected chi connectivity index (χ1v) is 14.1. The summed E-state index contributed by atoms with van der Waals surface area (Å²) in [5.74, 6) is 2.18. The second-order valence-corrected chi connectivity index (χ2v) is 11.7. The normalized spacial score (nSPS) is 13.4. The van der Waals surface area contributed by atoms with Crippen molar-refractivity contribution in [3.05, 3.63) is 162 Å². The third-order valence-electron chi connectivity index (χ3n) is 8.06.